The maximum absolute atomic E-state index is 12.3. The Morgan fingerprint density at radius 3 is 2.78 bits per heavy atom. The SMILES string of the molecule is CCCCOc1ccc2ccccc2c1/C=N/NC(=O)c1cccc(C)c1. The number of hydrazone groups is 1. The molecule has 3 aromatic carbocycles. The van der Waals surface area contributed by atoms with Gasteiger partial charge in [-0.05, 0) is 42.3 Å². The zero-order valence-corrected chi connectivity index (χ0v) is 15.7. The number of rotatable bonds is 7. The molecule has 1 amide bonds. The number of amides is 1. The molecule has 0 fully saturated rings. The second-order valence-corrected chi connectivity index (χ2v) is 6.47. The van der Waals surface area contributed by atoms with Crippen LogP contribution in [0.3, 0.4) is 0 Å². The molecule has 0 aliphatic carbocycles. The minimum absolute atomic E-state index is 0.233. The molecule has 1 N–H and O–H groups in total. The van der Waals surface area contributed by atoms with E-state index in [4.69, 9.17) is 4.74 Å². The van der Waals surface area contributed by atoms with Crippen molar-refractivity contribution in [2.75, 3.05) is 6.61 Å². The van der Waals surface area contributed by atoms with Gasteiger partial charge in [-0.25, -0.2) is 5.43 Å². The third-order valence-corrected chi connectivity index (χ3v) is 4.33. The number of unbranched alkanes of at least 4 members (excludes halogenated alkanes) is 1. The van der Waals surface area contributed by atoms with E-state index in [9.17, 15) is 4.79 Å². The number of ether oxygens (including phenoxy) is 1. The molecule has 0 aliphatic heterocycles. The van der Waals surface area contributed by atoms with E-state index in [-0.39, 0.29) is 5.91 Å². The minimum atomic E-state index is -0.233. The highest BCUT2D eigenvalue weighted by atomic mass is 16.5. The molecule has 0 spiro atoms. The molecule has 0 atom stereocenters. The van der Waals surface area contributed by atoms with Gasteiger partial charge in [0.1, 0.15) is 5.75 Å². The summed E-state index contributed by atoms with van der Waals surface area (Å²) in [5.74, 6) is 0.541. The molecule has 3 aromatic rings. The molecule has 0 saturated carbocycles. The number of fused-ring (bicyclic) bond motifs is 1. The molecular formula is C23H24N2O2. The lowest BCUT2D eigenvalue weighted by molar-refractivity contribution is 0.0955. The standard InChI is InChI=1S/C23H24N2O2/c1-3-4-14-27-22-13-12-18-9-5-6-11-20(18)21(22)16-24-25-23(26)19-10-7-8-17(2)15-19/h5-13,15-16H,3-4,14H2,1-2H3,(H,25,26)/b24-16+. The molecule has 0 unspecified atom stereocenters. The molecule has 0 aliphatic rings. The summed E-state index contributed by atoms with van der Waals surface area (Å²) >= 11 is 0. The lowest BCUT2D eigenvalue weighted by Crippen LogP contribution is -2.17. The number of hydrogen-bond donors (Lipinski definition) is 1. The van der Waals surface area contributed by atoms with Gasteiger partial charge in [0.2, 0.25) is 0 Å². The van der Waals surface area contributed by atoms with Crippen LogP contribution in [0.25, 0.3) is 10.8 Å². The van der Waals surface area contributed by atoms with E-state index in [2.05, 4.69) is 17.5 Å². The summed E-state index contributed by atoms with van der Waals surface area (Å²) in [6, 6.07) is 19.5. The van der Waals surface area contributed by atoms with Crippen molar-refractivity contribution in [3.05, 3.63) is 77.4 Å². The zero-order valence-electron chi connectivity index (χ0n) is 15.7. The Morgan fingerprint density at radius 1 is 1.11 bits per heavy atom. The summed E-state index contributed by atoms with van der Waals surface area (Å²) in [4.78, 5) is 12.3. The largest absolute Gasteiger partial charge is 0.493 e. The number of carbonyl (C=O) groups excluding carboxylic acids is 1. The Balaban J connectivity index is 1.84. The lowest BCUT2D eigenvalue weighted by Gasteiger charge is -2.11. The zero-order chi connectivity index (χ0) is 19.1. The molecule has 4 heteroatoms. The molecule has 0 saturated heterocycles. The minimum Gasteiger partial charge on any atom is -0.493 e. The van der Waals surface area contributed by atoms with Crippen molar-refractivity contribution in [1.29, 1.82) is 0 Å². The van der Waals surface area contributed by atoms with Gasteiger partial charge in [-0.15, -0.1) is 0 Å². The van der Waals surface area contributed by atoms with E-state index in [1.165, 1.54) is 0 Å². The van der Waals surface area contributed by atoms with Gasteiger partial charge in [0.15, 0.2) is 0 Å². The smallest absolute Gasteiger partial charge is 0.271 e. The van der Waals surface area contributed by atoms with Crippen LogP contribution in [-0.4, -0.2) is 18.7 Å². The van der Waals surface area contributed by atoms with Crippen LogP contribution in [-0.2, 0) is 0 Å². The maximum Gasteiger partial charge on any atom is 0.271 e. The van der Waals surface area contributed by atoms with Gasteiger partial charge >= 0.3 is 0 Å². The summed E-state index contributed by atoms with van der Waals surface area (Å²) in [5.41, 5.74) is 5.10. The Labute approximate surface area is 159 Å². The van der Waals surface area contributed by atoms with Crippen LogP contribution >= 0.6 is 0 Å². The third kappa shape index (κ3) is 4.73. The second-order valence-electron chi connectivity index (χ2n) is 6.47. The third-order valence-electron chi connectivity index (χ3n) is 4.33. The molecule has 0 bridgehead atoms. The number of carbonyl (C=O) groups is 1. The van der Waals surface area contributed by atoms with Gasteiger partial charge in [0.05, 0.1) is 12.8 Å². The first-order valence-corrected chi connectivity index (χ1v) is 9.23. The average molecular weight is 360 g/mol. The Bertz CT molecular complexity index is 964. The number of nitrogens with one attached hydrogen (secondary N) is 1. The van der Waals surface area contributed by atoms with Crippen molar-refractivity contribution in [1.82, 2.24) is 5.43 Å². The van der Waals surface area contributed by atoms with Gasteiger partial charge in [0.25, 0.3) is 5.91 Å². The van der Waals surface area contributed by atoms with Crippen LogP contribution in [0.4, 0.5) is 0 Å². The van der Waals surface area contributed by atoms with Gasteiger partial charge in [0, 0.05) is 11.1 Å². The van der Waals surface area contributed by atoms with Crippen molar-refractivity contribution in [3.63, 3.8) is 0 Å². The van der Waals surface area contributed by atoms with Crippen LogP contribution in [0.1, 0.15) is 41.3 Å². The fourth-order valence-electron chi connectivity index (χ4n) is 2.87. The summed E-state index contributed by atoms with van der Waals surface area (Å²) in [7, 11) is 0. The fourth-order valence-corrected chi connectivity index (χ4v) is 2.87. The molecule has 0 heterocycles. The topological polar surface area (TPSA) is 50.7 Å². The van der Waals surface area contributed by atoms with E-state index in [1.54, 1.807) is 12.3 Å². The van der Waals surface area contributed by atoms with Crippen molar-refractivity contribution in [2.24, 2.45) is 5.10 Å². The van der Waals surface area contributed by atoms with Crippen LogP contribution in [0, 0.1) is 6.92 Å². The first kappa shape index (κ1) is 18.6. The monoisotopic (exact) mass is 360 g/mol. The first-order chi connectivity index (χ1) is 13.2. The predicted molar refractivity (Wildman–Crippen MR) is 111 cm³/mol. The van der Waals surface area contributed by atoms with Crippen LogP contribution in [0.5, 0.6) is 5.75 Å². The van der Waals surface area contributed by atoms with E-state index in [1.807, 2.05) is 61.5 Å². The lowest BCUT2D eigenvalue weighted by atomic mass is 10.0. The molecular weight excluding hydrogens is 336 g/mol. The predicted octanol–water partition coefficient (Wildman–Crippen LogP) is 5.09. The summed E-state index contributed by atoms with van der Waals surface area (Å²) in [5, 5.41) is 6.33. The molecule has 0 radical (unpaired) electrons. The number of benzene rings is 3. The maximum atomic E-state index is 12.3. The number of hydrogen-bond acceptors (Lipinski definition) is 3. The van der Waals surface area contributed by atoms with Gasteiger partial charge in [-0.1, -0.05) is 61.4 Å². The highest BCUT2D eigenvalue weighted by Crippen LogP contribution is 2.27. The Morgan fingerprint density at radius 2 is 1.96 bits per heavy atom. The summed E-state index contributed by atoms with van der Waals surface area (Å²) in [6.45, 7) is 4.74. The van der Waals surface area contributed by atoms with Gasteiger partial charge in [-0.3, -0.25) is 4.79 Å². The summed E-state index contributed by atoms with van der Waals surface area (Å²) < 4.78 is 5.94. The highest BCUT2D eigenvalue weighted by molar-refractivity contribution is 6.03. The van der Waals surface area contributed by atoms with Crippen molar-refractivity contribution >= 4 is 22.9 Å². The van der Waals surface area contributed by atoms with Crippen LogP contribution < -0.4 is 10.2 Å². The van der Waals surface area contributed by atoms with Crippen LogP contribution in [0.2, 0.25) is 0 Å². The van der Waals surface area contributed by atoms with Crippen LogP contribution in [0.15, 0.2) is 65.8 Å². The molecule has 27 heavy (non-hydrogen) atoms. The number of nitrogens with zero attached hydrogens (tertiary/aromatic N) is 1. The van der Waals surface area contributed by atoms with Gasteiger partial charge in [-0.2, -0.15) is 5.10 Å². The van der Waals surface area contributed by atoms with E-state index in [0.717, 1.165) is 40.5 Å². The molecule has 4 nitrogen and oxygen atoms in total. The quantitative estimate of drug-likeness (QED) is 0.362. The molecule has 0 aromatic heterocycles. The summed E-state index contributed by atoms with van der Waals surface area (Å²) in [6.07, 6.45) is 3.73. The van der Waals surface area contributed by atoms with E-state index >= 15 is 0 Å². The second kappa shape index (κ2) is 8.99. The molecule has 138 valence electrons. The number of aryl methyl sites for hydroxylation is 1. The Hall–Kier alpha value is -3.14. The van der Waals surface area contributed by atoms with E-state index in [0.29, 0.717) is 12.2 Å². The normalized spacial score (nSPS) is 11.0. The van der Waals surface area contributed by atoms with Gasteiger partial charge < -0.3 is 4.74 Å². The van der Waals surface area contributed by atoms with Crippen molar-refractivity contribution < 1.29 is 9.53 Å². The van der Waals surface area contributed by atoms with Crippen molar-refractivity contribution in [3.8, 4) is 5.75 Å². The van der Waals surface area contributed by atoms with E-state index < -0.39 is 0 Å². The highest BCUT2D eigenvalue weighted by Gasteiger charge is 2.08. The first-order valence-electron chi connectivity index (χ1n) is 9.23. The van der Waals surface area contributed by atoms with Crippen molar-refractivity contribution in [2.45, 2.75) is 26.7 Å². The molecule has 3 rings (SSSR count). The average Bonchev–Trinajstić information content (AvgIpc) is 2.69. The Kier molecular flexibility index (Phi) is 6.21. The fraction of sp³-hybridized carbons (Fsp3) is 0.217.